The Morgan fingerprint density at radius 3 is 2.14 bits per heavy atom. The van der Waals surface area contributed by atoms with Gasteiger partial charge in [-0.05, 0) is 68.0 Å². The topological polar surface area (TPSA) is 97.4 Å². The van der Waals surface area contributed by atoms with E-state index in [9.17, 15) is 4.79 Å². The maximum Gasteiger partial charge on any atom is 0.314 e. The molecule has 150 valence electrons. The van der Waals surface area contributed by atoms with Gasteiger partial charge >= 0.3 is 5.97 Å². The standard InChI is InChI=1S/C21H25N3O3.ClH/c22-21(23)24-14-15-6-8-16(9-7-15)20(25)27-19-12-10-18(11-13-19)26-17-4-2-1-3-5-17;/h1-5,10-13,15-16H,6-9,14H2,(H4,22,23,24);1H/t15-,16-;. The fraction of sp³-hybridized carbons (Fsp3) is 0.333. The fourth-order valence-electron chi connectivity index (χ4n) is 3.26. The fourth-order valence-corrected chi connectivity index (χ4v) is 3.26. The molecular weight excluding hydrogens is 378 g/mol. The van der Waals surface area contributed by atoms with Crippen LogP contribution < -0.4 is 20.5 Å². The molecule has 2 aromatic rings. The number of benzene rings is 2. The number of hydrogen-bond donors (Lipinski definition) is 3. The Kier molecular flexibility index (Phi) is 8.14. The molecule has 0 radical (unpaired) electrons. The van der Waals surface area contributed by atoms with Crippen LogP contribution in [0.1, 0.15) is 25.7 Å². The number of nitrogens with one attached hydrogen (secondary N) is 2. The van der Waals surface area contributed by atoms with E-state index in [0.717, 1.165) is 31.4 Å². The zero-order valence-corrected chi connectivity index (χ0v) is 16.4. The molecular formula is C21H26ClN3O3. The molecule has 6 nitrogen and oxygen atoms in total. The van der Waals surface area contributed by atoms with Crippen molar-refractivity contribution in [2.75, 3.05) is 6.54 Å². The van der Waals surface area contributed by atoms with E-state index >= 15 is 0 Å². The summed E-state index contributed by atoms with van der Waals surface area (Å²) in [5, 5.41) is 10.1. The first-order chi connectivity index (χ1) is 13.1. The Hall–Kier alpha value is -2.73. The molecule has 2 aromatic carbocycles. The van der Waals surface area contributed by atoms with E-state index in [2.05, 4.69) is 5.32 Å². The lowest BCUT2D eigenvalue weighted by Crippen LogP contribution is -2.36. The van der Waals surface area contributed by atoms with Crippen molar-refractivity contribution in [2.24, 2.45) is 17.6 Å². The van der Waals surface area contributed by atoms with E-state index in [1.807, 2.05) is 30.3 Å². The highest BCUT2D eigenvalue weighted by atomic mass is 35.5. The highest BCUT2D eigenvalue weighted by molar-refractivity contribution is 5.85. The lowest BCUT2D eigenvalue weighted by Gasteiger charge is -2.27. The molecule has 0 unspecified atom stereocenters. The first-order valence-electron chi connectivity index (χ1n) is 9.22. The number of guanidine groups is 1. The summed E-state index contributed by atoms with van der Waals surface area (Å²) >= 11 is 0. The van der Waals surface area contributed by atoms with Crippen LogP contribution in [0.4, 0.5) is 0 Å². The minimum atomic E-state index is -0.176. The molecule has 3 rings (SSSR count). The van der Waals surface area contributed by atoms with E-state index in [1.54, 1.807) is 24.3 Å². The average molecular weight is 404 g/mol. The predicted molar refractivity (Wildman–Crippen MR) is 111 cm³/mol. The van der Waals surface area contributed by atoms with Gasteiger partial charge in [0, 0.05) is 6.54 Å². The first-order valence-corrected chi connectivity index (χ1v) is 9.22. The minimum Gasteiger partial charge on any atom is -0.457 e. The molecule has 0 spiro atoms. The molecule has 0 heterocycles. The van der Waals surface area contributed by atoms with Gasteiger partial charge in [-0.3, -0.25) is 10.2 Å². The van der Waals surface area contributed by atoms with Crippen LogP contribution in [0.5, 0.6) is 17.2 Å². The zero-order valence-electron chi connectivity index (χ0n) is 15.6. The maximum absolute atomic E-state index is 12.4. The van der Waals surface area contributed by atoms with Crippen LogP contribution in [-0.4, -0.2) is 18.5 Å². The Balaban J connectivity index is 0.00000280. The van der Waals surface area contributed by atoms with E-state index in [4.69, 9.17) is 20.6 Å². The van der Waals surface area contributed by atoms with Crippen molar-refractivity contribution < 1.29 is 14.3 Å². The second kappa shape index (κ2) is 10.6. The summed E-state index contributed by atoms with van der Waals surface area (Å²) in [6.45, 7) is 0.694. The Morgan fingerprint density at radius 2 is 1.54 bits per heavy atom. The quantitative estimate of drug-likeness (QED) is 0.292. The summed E-state index contributed by atoms with van der Waals surface area (Å²) in [5.41, 5.74) is 5.31. The summed E-state index contributed by atoms with van der Waals surface area (Å²) in [6.07, 6.45) is 3.48. The van der Waals surface area contributed by atoms with Crippen LogP contribution in [-0.2, 0) is 4.79 Å². The Bertz CT molecular complexity index is 760. The summed E-state index contributed by atoms with van der Waals surface area (Å²) in [6, 6.07) is 16.6. The molecule has 0 saturated heterocycles. The first kappa shape index (κ1) is 21.6. The minimum absolute atomic E-state index is 0. The molecule has 0 bridgehead atoms. The molecule has 7 heteroatoms. The second-order valence-corrected chi connectivity index (χ2v) is 6.82. The number of para-hydroxylation sites is 1. The monoisotopic (exact) mass is 403 g/mol. The number of ether oxygens (including phenoxy) is 2. The van der Waals surface area contributed by atoms with Crippen molar-refractivity contribution in [3.05, 3.63) is 54.6 Å². The number of esters is 1. The van der Waals surface area contributed by atoms with Crippen LogP contribution in [0.15, 0.2) is 54.6 Å². The number of halogens is 1. The van der Waals surface area contributed by atoms with Crippen LogP contribution in [0.25, 0.3) is 0 Å². The van der Waals surface area contributed by atoms with Crippen LogP contribution in [0.2, 0.25) is 0 Å². The smallest absolute Gasteiger partial charge is 0.314 e. The molecule has 1 saturated carbocycles. The van der Waals surface area contributed by atoms with Crippen molar-refractivity contribution in [3.63, 3.8) is 0 Å². The summed E-state index contributed by atoms with van der Waals surface area (Å²) < 4.78 is 11.3. The third-order valence-corrected chi connectivity index (χ3v) is 4.78. The number of hydrogen-bond acceptors (Lipinski definition) is 4. The molecule has 0 aliphatic heterocycles. The lowest BCUT2D eigenvalue weighted by molar-refractivity contribution is -0.140. The molecule has 0 amide bonds. The van der Waals surface area contributed by atoms with Gasteiger partial charge in [-0.1, -0.05) is 18.2 Å². The van der Waals surface area contributed by atoms with Crippen LogP contribution in [0.3, 0.4) is 0 Å². The zero-order chi connectivity index (χ0) is 19.1. The molecule has 28 heavy (non-hydrogen) atoms. The van der Waals surface area contributed by atoms with Crippen LogP contribution >= 0.6 is 12.4 Å². The third-order valence-electron chi connectivity index (χ3n) is 4.78. The van der Waals surface area contributed by atoms with Gasteiger partial charge in [-0.15, -0.1) is 12.4 Å². The van der Waals surface area contributed by atoms with Crippen molar-refractivity contribution >= 4 is 24.3 Å². The van der Waals surface area contributed by atoms with Crippen molar-refractivity contribution in [2.45, 2.75) is 25.7 Å². The normalized spacial score (nSPS) is 18.4. The lowest BCUT2D eigenvalue weighted by atomic mass is 9.82. The molecule has 0 aromatic heterocycles. The Labute approximate surface area is 171 Å². The number of rotatable bonds is 6. The highest BCUT2D eigenvalue weighted by Crippen LogP contribution is 2.30. The van der Waals surface area contributed by atoms with Crippen molar-refractivity contribution in [1.82, 2.24) is 5.32 Å². The van der Waals surface area contributed by atoms with E-state index in [0.29, 0.717) is 24.0 Å². The molecule has 1 fully saturated rings. The predicted octanol–water partition coefficient (Wildman–Crippen LogP) is 4.10. The highest BCUT2D eigenvalue weighted by Gasteiger charge is 2.27. The van der Waals surface area contributed by atoms with Gasteiger partial charge in [0.05, 0.1) is 5.92 Å². The number of carbonyl (C=O) groups is 1. The van der Waals surface area contributed by atoms with Gasteiger partial charge in [-0.2, -0.15) is 0 Å². The van der Waals surface area contributed by atoms with Gasteiger partial charge < -0.3 is 20.5 Å². The maximum atomic E-state index is 12.4. The molecule has 0 atom stereocenters. The van der Waals surface area contributed by atoms with Gasteiger partial charge in [0.15, 0.2) is 5.96 Å². The van der Waals surface area contributed by atoms with E-state index in [1.165, 1.54) is 0 Å². The molecule has 4 N–H and O–H groups in total. The van der Waals surface area contributed by atoms with E-state index < -0.39 is 0 Å². The Morgan fingerprint density at radius 1 is 0.964 bits per heavy atom. The average Bonchev–Trinajstić information content (AvgIpc) is 2.69. The van der Waals surface area contributed by atoms with Crippen molar-refractivity contribution in [3.8, 4) is 17.2 Å². The number of carbonyl (C=O) groups excluding carboxylic acids is 1. The van der Waals surface area contributed by atoms with Gasteiger partial charge in [-0.25, -0.2) is 0 Å². The van der Waals surface area contributed by atoms with Gasteiger partial charge in [0.2, 0.25) is 0 Å². The molecule has 1 aliphatic carbocycles. The summed E-state index contributed by atoms with van der Waals surface area (Å²) in [7, 11) is 0. The second-order valence-electron chi connectivity index (χ2n) is 6.82. The SMILES string of the molecule is Cl.N=C(N)NC[C@H]1CC[C@H](C(=O)Oc2ccc(Oc3ccccc3)cc2)CC1. The molecule has 1 aliphatic rings. The van der Waals surface area contributed by atoms with Gasteiger partial charge in [0.1, 0.15) is 17.2 Å². The van der Waals surface area contributed by atoms with E-state index in [-0.39, 0.29) is 30.3 Å². The van der Waals surface area contributed by atoms with Gasteiger partial charge in [0.25, 0.3) is 0 Å². The largest absolute Gasteiger partial charge is 0.457 e. The summed E-state index contributed by atoms with van der Waals surface area (Å²) in [5.74, 6) is 2.19. The third kappa shape index (κ3) is 6.46. The van der Waals surface area contributed by atoms with Crippen molar-refractivity contribution in [1.29, 1.82) is 5.41 Å². The van der Waals surface area contributed by atoms with Crippen LogP contribution in [0, 0.1) is 17.2 Å². The number of nitrogens with two attached hydrogens (primary N) is 1. The summed E-state index contributed by atoms with van der Waals surface area (Å²) in [4.78, 5) is 12.4.